The molecule has 0 aliphatic heterocycles. The normalized spacial score (nSPS) is 10.8. The standard InChI is InChI=1S/C20H24N4O/c1-4-5-6-17-7-9-19(10-8-17)24-15(2)13-18(16(24)3)14-22-23-20(25)11-12-21/h7-10,13-14H,4-6,11H2,1-3H3,(H,23,25). The van der Waals surface area contributed by atoms with Crippen molar-refractivity contribution in [2.75, 3.05) is 0 Å². The number of amides is 1. The molecule has 0 saturated heterocycles. The summed E-state index contributed by atoms with van der Waals surface area (Å²) in [6, 6.07) is 12.5. The van der Waals surface area contributed by atoms with Crippen LogP contribution in [0.4, 0.5) is 0 Å². The summed E-state index contributed by atoms with van der Waals surface area (Å²) in [6.45, 7) is 6.27. The van der Waals surface area contributed by atoms with Crippen molar-refractivity contribution in [1.82, 2.24) is 9.99 Å². The molecular formula is C20H24N4O. The van der Waals surface area contributed by atoms with Gasteiger partial charge < -0.3 is 4.57 Å². The third-order valence-corrected chi connectivity index (χ3v) is 4.12. The molecule has 1 amide bonds. The van der Waals surface area contributed by atoms with Crippen LogP contribution in [0.3, 0.4) is 0 Å². The first kappa shape index (κ1) is 18.5. The highest BCUT2D eigenvalue weighted by Crippen LogP contribution is 2.20. The van der Waals surface area contributed by atoms with Crippen molar-refractivity contribution in [3.63, 3.8) is 0 Å². The first-order valence-electron chi connectivity index (χ1n) is 8.54. The largest absolute Gasteiger partial charge is 0.318 e. The number of aryl methyl sites for hydroxylation is 2. The third kappa shape index (κ3) is 4.80. The Morgan fingerprint density at radius 2 is 2.04 bits per heavy atom. The zero-order valence-corrected chi connectivity index (χ0v) is 15.0. The smallest absolute Gasteiger partial charge is 0.254 e. The van der Waals surface area contributed by atoms with Crippen molar-refractivity contribution in [1.29, 1.82) is 5.26 Å². The van der Waals surface area contributed by atoms with E-state index in [4.69, 9.17) is 5.26 Å². The highest BCUT2D eigenvalue weighted by molar-refractivity contribution is 5.84. The number of hydrogen-bond acceptors (Lipinski definition) is 3. The van der Waals surface area contributed by atoms with Gasteiger partial charge in [0.05, 0.1) is 12.3 Å². The summed E-state index contributed by atoms with van der Waals surface area (Å²) in [5, 5.41) is 12.4. The van der Waals surface area contributed by atoms with Crippen LogP contribution in [0.1, 0.15) is 48.7 Å². The van der Waals surface area contributed by atoms with Gasteiger partial charge in [-0.15, -0.1) is 0 Å². The monoisotopic (exact) mass is 336 g/mol. The Labute approximate surface area is 149 Å². The van der Waals surface area contributed by atoms with Crippen molar-refractivity contribution in [2.24, 2.45) is 5.10 Å². The Morgan fingerprint density at radius 3 is 2.68 bits per heavy atom. The van der Waals surface area contributed by atoms with Gasteiger partial charge in [0.15, 0.2) is 0 Å². The van der Waals surface area contributed by atoms with Gasteiger partial charge in [-0.25, -0.2) is 5.43 Å². The second-order valence-corrected chi connectivity index (χ2v) is 6.06. The number of carbonyl (C=O) groups excluding carboxylic acids is 1. The van der Waals surface area contributed by atoms with Crippen molar-refractivity contribution in [2.45, 2.75) is 46.5 Å². The molecule has 1 N–H and O–H groups in total. The topological polar surface area (TPSA) is 70.2 Å². The average Bonchev–Trinajstić information content (AvgIpc) is 2.88. The Bertz CT molecular complexity index is 794. The molecule has 130 valence electrons. The summed E-state index contributed by atoms with van der Waals surface area (Å²) in [5.74, 6) is -0.407. The van der Waals surface area contributed by atoms with Crippen LogP contribution in [0, 0.1) is 25.2 Å². The molecule has 0 spiro atoms. The van der Waals surface area contributed by atoms with E-state index in [9.17, 15) is 4.79 Å². The Balaban J connectivity index is 2.17. The van der Waals surface area contributed by atoms with Crippen LogP contribution in [-0.4, -0.2) is 16.7 Å². The molecule has 25 heavy (non-hydrogen) atoms. The second kappa shape index (κ2) is 8.84. The fraction of sp³-hybridized carbons (Fsp3) is 0.350. The molecular weight excluding hydrogens is 312 g/mol. The molecule has 0 fully saturated rings. The molecule has 5 heteroatoms. The molecule has 2 aromatic rings. The fourth-order valence-corrected chi connectivity index (χ4v) is 2.79. The number of nitrogens with zero attached hydrogens (tertiary/aromatic N) is 3. The van der Waals surface area contributed by atoms with Crippen molar-refractivity contribution in [3.8, 4) is 11.8 Å². The number of unbranched alkanes of at least 4 members (excludes halogenated alkanes) is 1. The first-order chi connectivity index (χ1) is 12.1. The minimum absolute atomic E-state index is 0.194. The number of hydrogen-bond donors (Lipinski definition) is 1. The molecule has 5 nitrogen and oxygen atoms in total. The van der Waals surface area contributed by atoms with Gasteiger partial charge in [-0.1, -0.05) is 25.5 Å². The predicted molar refractivity (Wildman–Crippen MR) is 99.8 cm³/mol. The van der Waals surface area contributed by atoms with E-state index in [1.54, 1.807) is 12.3 Å². The predicted octanol–water partition coefficient (Wildman–Crippen LogP) is 3.80. The van der Waals surface area contributed by atoms with Crippen molar-refractivity contribution in [3.05, 3.63) is 52.8 Å². The van der Waals surface area contributed by atoms with Gasteiger partial charge in [-0.2, -0.15) is 10.4 Å². The number of hydrazone groups is 1. The summed E-state index contributed by atoms with van der Waals surface area (Å²) >= 11 is 0. The Kier molecular flexibility index (Phi) is 6.53. The van der Waals surface area contributed by atoms with Crippen LogP contribution in [-0.2, 0) is 11.2 Å². The van der Waals surface area contributed by atoms with E-state index >= 15 is 0 Å². The van der Waals surface area contributed by atoms with E-state index in [0.717, 1.165) is 29.1 Å². The maximum Gasteiger partial charge on any atom is 0.254 e. The number of nitrogens with one attached hydrogen (secondary N) is 1. The van der Waals surface area contributed by atoms with Crippen LogP contribution in [0.15, 0.2) is 35.4 Å². The molecule has 0 aliphatic carbocycles. The number of carbonyl (C=O) groups is 1. The highest BCUT2D eigenvalue weighted by atomic mass is 16.2. The molecule has 0 atom stereocenters. The van der Waals surface area contributed by atoms with Crippen molar-refractivity contribution >= 4 is 12.1 Å². The summed E-state index contributed by atoms with van der Waals surface area (Å²) < 4.78 is 2.17. The van der Waals surface area contributed by atoms with E-state index in [1.165, 1.54) is 18.4 Å². The lowest BCUT2D eigenvalue weighted by Gasteiger charge is -2.10. The van der Waals surface area contributed by atoms with E-state index < -0.39 is 5.91 Å². The third-order valence-electron chi connectivity index (χ3n) is 4.12. The van der Waals surface area contributed by atoms with E-state index in [1.807, 2.05) is 19.9 Å². The lowest BCUT2D eigenvalue weighted by atomic mass is 10.1. The van der Waals surface area contributed by atoms with Gasteiger partial charge in [-0.3, -0.25) is 4.79 Å². The Hall–Kier alpha value is -2.87. The zero-order chi connectivity index (χ0) is 18.2. The van der Waals surface area contributed by atoms with Crippen molar-refractivity contribution < 1.29 is 4.79 Å². The van der Waals surface area contributed by atoms with E-state index in [2.05, 4.69) is 46.3 Å². The maximum absolute atomic E-state index is 11.3. The number of benzene rings is 1. The number of aromatic nitrogens is 1. The number of rotatable bonds is 7. The van der Waals surface area contributed by atoms with E-state index in [-0.39, 0.29) is 6.42 Å². The average molecular weight is 336 g/mol. The summed E-state index contributed by atoms with van der Waals surface area (Å²) in [4.78, 5) is 11.3. The SMILES string of the molecule is CCCCc1ccc(-n2c(C)cc(C=NNC(=O)CC#N)c2C)cc1. The van der Waals surface area contributed by atoms with E-state index in [0.29, 0.717) is 0 Å². The lowest BCUT2D eigenvalue weighted by Crippen LogP contribution is -2.16. The summed E-state index contributed by atoms with van der Waals surface area (Å²) in [7, 11) is 0. The van der Waals surface area contributed by atoms with Crippen LogP contribution in [0.2, 0.25) is 0 Å². The van der Waals surface area contributed by atoms with Gasteiger partial charge in [0, 0.05) is 22.6 Å². The molecule has 0 saturated carbocycles. The second-order valence-electron chi connectivity index (χ2n) is 6.06. The minimum Gasteiger partial charge on any atom is -0.318 e. The fourth-order valence-electron chi connectivity index (χ4n) is 2.79. The molecule has 1 aromatic heterocycles. The number of nitriles is 1. The van der Waals surface area contributed by atoms with Gasteiger partial charge >= 0.3 is 0 Å². The van der Waals surface area contributed by atoms with Crippen LogP contribution < -0.4 is 5.43 Å². The van der Waals surface area contributed by atoms with Crippen LogP contribution in [0.25, 0.3) is 5.69 Å². The maximum atomic E-state index is 11.3. The molecule has 1 aromatic carbocycles. The van der Waals surface area contributed by atoms with Gasteiger partial charge in [-0.05, 0) is 50.5 Å². The van der Waals surface area contributed by atoms with Crippen LogP contribution in [0.5, 0.6) is 0 Å². The van der Waals surface area contributed by atoms with Gasteiger partial charge in [0.25, 0.3) is 5.91 Å². The molecule has 0 unspecified atom stereocenters. The minimum atomic E-state index is -0.407. The van der Waals surface area contributed by atoms with Crippen LogP contribution >= 0.6 is 0 Å². The Morgan fingerprint density at radius 1 is 1.32 bits per heavy atom. The molecule has 0 aliphatic rings. The zero-order valence-electron chi connectivity index (χ0n) is 15.0. The molecule has 0 radical (unpaired) electrons. The lowest BCUT2D eigenvalue weighted by molar-refractivity contribution is -0.120. The molecule has 2 rings (SSSR count). The van der Waals surface area contributed by atoms with Gasteiger partial charge in [0.1, 0.15) is 6.42 Å². The van der Waals surface area contributed by atoms with Gasteiger partial charge in [0.2, 0.25) is 0 Å². The summed E-state index contributed by atoms with van der Waals surface area (Å²) in [6.07, 6.45) is 4.94. The molecule has 0 bridgehead atoms. The quantitative estimate of drug-likeness (QED) is 0.617. The highest BCUT2D eigenvalue weighted by Gasteiger charge is 2.09. The first-order valence-corrected chi connectivity index (χ1v) is 8.54. The molecule has 1 heterocycles. The summed E-state index contributed by atoms with van der Waals surface area (Å²) in [5.41, 5.74) is 7.91.